The molecule has 0 aliphatic rings. The van der Waals surface area contributed by atoms with Gasteiger partial charge in [0.25, 0.3) is 0 Å². The van der Waals surface area contributed by atoms with Gasteiger partial charge in [-0.1, -0.05) is 15.9 Å². The molecular formula is C9H10BrN3O4. The predicted molar refractivity (Wildman–Crippen MR) is 63.2 cm³/mol. The molecule has 0 aliphatic carbocycles. The Morgan fingerprint density at radius 2 is 2.18 bits per heavy atom. The van der Waals surface area contributed by atoms with E-state index in [0.29, 0.717) is 4.47 Å². The van der Waals surface area contributed by atoms with Crippen LogP contribution in [0.15, 0.2) is 16.6 Å². The Balaban J connectivity index is 3.24. The van der Waals surface area contributed by atoms with Gasteiger partial charge in [-0.3, -0.25) is 14.9 Å². The number of halogens is 1. The maximum Gasteiger partial charge on any atom is 0.312 e. The third-order valence-electron chi connectivity index (χ3n) is 2.10. The summed E-state index contributed by atoms with van der Waals surface area (Å²) in [4.78, 5) is 20.6. The van der Waals surface area contributed by atoms with E-state index in [1.165, 1.54) is 6.07 Å². The van der Waals surface area contributed by atoms with E-state index in [-0.39, 0.29) is 12.0 Å². The van der Waals surface area contributed by atoms with Crippen molar-refractivity contribution in [2.24, 2.45) is 11.5 Å². The molecule has 8 heteroatoms. The lowest BCUT2D eigenvalue weighted by atomic mass is 10.0. The molecule has 7 nitrogen and oxygen atoms in total. The molecule has 1 aromatic rings. The van der Waals surface area contributed by atoms with Gasteiger partial charge in [0, 0.05) is 28.6 Å². The van der Waals surface area contributed by atoms with Crippen LogP contribution in [0.3, 0.4) is 0 Å². The molecule has 1 aromatic carbocycles. The number of carbonyl (C=O) groups excluding carboxylic acids is 1. The average Bonchev–Trinajstić information content (AvgIpc) is 2.19. The van der Waals surface area contributed by atoms with E-state index in [4.69, 9.17) is 11.5 Å². The van der Waals surface area contributed by atoms with Crippen LogP contribution in [0, 0.1) is 10.1 Å². The summed E-state index contributed by atoms with van der Waals surface area (Å²) >= 11 is 3.06. The smallest absolute Gasteiger partial charge is 0.312 e. The minimum absolute atomic E-state index is 0.102. The number of benzene rings is 1. The lowest BCUT2D eigenvalue weighted by Crippen LogP contribution is -2.20. The molecule has 0 saturated carbocycles. The lowest BCUT2D eigenvalue weighted by Gasteiger charge is -2.12. The number of phenolic OH excluding ortho intramolecular Hbond substituents is 1. The van der Waals surface area contributed by atoms with Crippen LogP contribution in [0.5, 0.6) is 5.75 Å². The summed E-state index contributed by atoms with van der Waals surface area (Å²) in [6.45, 7) is 0. The van der Waals surface area contributed by atoms with Crippen LogP contribution in [0.1, 0.15) is 18.0 Å². The molecule has 0 aromatic heterocycles. The molecule has 0 fully saturated rings. The van der Waals surface area contributed by atoms with Gasteiger partial charge >= 0.3 is 5.69 Å². The highest BCUT2D eigenvalue weighted by molar-refractivity contribution is 9.10. The van der Waals surface area contributed by atoms with Gasteiger partial charge in [-0.2, -0.15) is 0 Å². The number of primary amides is 1. The van der Waals surface area contributed by atoms with E-state index in [1.807, 2.05) is 0 Å². The first-order valence-corrected chi connectivity index (χ1v) is 5.33. The normalized spacial score (nSPS) is 12.1. The van der Waals surface area contributed by atoms with Crippen molar-refractivity contribution in [1.29, 1.82) is 0 Å². The van der Waals surface area contributed by atoms with Gasteiger partial charge in [-0.25, -0.2) is 0 Å². The molecule has 17 heavy (non-hydrogen) atoms. The van der Waals surface area contributed by atoms with Gasteiger partial charge in [0.15, 0.2) is 5.75 Å². The van der Waals surface area contributed by atoms with Crippen LogP contribution in [0.2, 0.25) is 0 Å². The summed E-state index contributed by atoms with van der Waals surface area (Å²) in [6.07, 6.45) is -0.207. The fourth-order valence-corrected chi connectivity index (χ4v) is 1.82. The molecule has 1 rings (SSSR count). The first kappa shape index (κ1) is 13.4. The molecule has 1 unspecified atom stereocenters. The van der Waals surface area contributed by atoms with Gasteiger partial charge in [-0.05, 0) is 6.07 Å². The van der Waals surface area contributed by atoms with Crippen molar-refractivity contribution in [3.8, 4) is 5.75 Å². The third-order valence-corrected chi connectivity index (χ3v) is 2.56. The highest BCUT2D eigenvalue weighted by Crippen LogP contribution is 2.36. The van der Waals surface area contributed by atoms with Crippen LogP contribution in [0.25, 0.3) is 0 Å². The zero-order chi connectivity index (χ0) is 13.2. The zero-order valence-electron chi connectivity index (χ0n) is 8.59. The largest absolute Gasteiger partial charge is 0.502 e. The van der Waals surface area contributed by atoms with E-state index in [9.17, 15) is 20.0 Å². The summed E-state index contributed by atoms with van der Waals surface area (Å²) in [5, 5.41) is 20.3. The second-order valence-corrected chi connectivity index (χ2v) is 4.31. The first-order valence-electron chi connectivity index (χ1n) is 4.53. The Morgan fingerprint density at radius 1 is 1.59 bits per heavy atom. The van der Waals surface area contributed by atoms with Crippen molar-refractivity contribution < 1.29 is 14.8 Å². The van der Waals surface area contributed by atoms with E-state index in [0.717, 1.165) is 6.07 Å². The van der Waals surface area contributed by atoms with E-state index < -0.39 is 28.3 Å². The molecular weight excluding hydrogens is 294 g/mol. The third kappa shape index (κ3) is 3.14. The quantitative estimate of drug-likeness (QED) is 0.562. The number of carbonyl (C=O) groups is 1. The van der Waals surface area contributed by atoms with Gasteiger partial charge in [0.1, 0.15) is 0 Å². The minimum Gasteiger partial charge on any atom is -0.502 e. The molecule has 5 N–H and O–H groups in total. The molecule has 0 aliphatic heterocycles. The SMILES string of the molecule is NC(=O)CC(N)c1cc(Br)cc([N+](=O)[O-])c1O. The predicted octanol–water partition coefficient (Wildman–Crippen LogP) is 0.938. The second kappa shape index (κ2) is 5.11. The van der Waals surface area contributed by atoms with Crippen molar-refractivity contribution in [3.05, 3.63) is 32.3 Å². The fraction of sp³-hybridized carbons (Fsp3) is 0.222. The Bertz CT molecular complexity index is 478. The van der Waals surface area contributed by atoms with Crippen LogP contribution in [0.4, 0.5) is 5.69 Å². The van der Waals surface area contributed by atoms with Crippen molar-refractivity contribution in [3.63, 3.8) is 0 Å². The van der Waals surface area contributed by atoms with Gasteiger partial charge < -0.3 is 16.6 Å². The highest BCUT2D eigenvalue weighted by atomic mass is 79.9. The standard InChI is InChI=1S/C9H10BrN3O4/c10-4-1-5(6(11)3-8(12)14)9(15)7(2-4)13(16)17/h1-2,6,15H,3,11H2,(H2,12,14). The number of rotatable bonds is 4. The second-order valence-electron chi connectivity index (χ2n) is 3.40. The van der Waals surface area contributed by atoms with Crippen LogP contribution >= 0.6 is 15.9 Å². The van der Waals surface area contributed by atoms with E-state index >= 15 is 0 Å². The van der Waals surface area contributed by atoms with Crippen LogP contribution < -0.4 is 11.5 Å². The van der Waals surface area contributed by atoms with Crippen molar-refractivity contribution in [2.45, 2.75) is 12.5 Å². The number of hydrogen-bond donors (Lipinski definition) is 3. The van der Waals surface area contributed by atoms with Crippen molar-refractivity contribution >= 4 is 27.5 Å². The molecule has 0 saturated heterocycles. The number of aromatic hydroxyl groups is 1. The monoisotopic (exact) mass is 303 g/mol. The molecule has 92 valence electrons. The fourth-order valence-electron chi connectivity index (χ4n) is 1.35. The number of phenols is 1. The molecule has 0 spiro atoms. The van der Waals surface area contributed by atoms with Crippen LogP contribution in [-0.2, 0) is 4.79 Å². The van der Waals surface area contributed by atoms with Crippen molar-refractivity contribution in [2.75, 3.05) is 0 Å². The van der Waals surface area contributed by atoms with E-state index in [1.54, 1.807) is 0 Å². The summed E-state index contributed by atoms with van der Waals surface area (Å²) in [7, 11) is 0. The number of nitro groups is 1. The molecule has 1 amide bonds. The number of amides is 1. The molecule has 0 radical (unpaired) electrons. The zero-order valence-corrected chi connectivity index (χ0v) is 10.2. The Morgan fingerprint density at radius 3 is 2.65 bits per heavy atom. The molecule has 0 bridgehead atoms. The number of nitrogens with zero attached hydrogens (tertiary/aromatic N) is 1. The topological polar surface area (TPSA) is 132 Å². The Labute approximate surface area is 105 Å². The van der Waals surface area contributed by atoms with Gasteiger partial charge in [0.05, 0.1) is 4.92 Å². The summed E-state index contributed by atoms with van der Waals surface area (Å²) in [6, 6.07) is 1.68. The van der Waals surface area contributed by atoms with Crippen LogP contribution in [-0.4, -0.2) is 15.9 Å². The average molecular weight is 304 g/mol. The summed E-state index contributed by atoms with van der Waals surface area (Å²) in [5.74, 6) is -1.20. The minimum atomic E-state index is -0.885. The summed E-state index contributed by atoms with van der Waals surface area (Å²) < 4.78 is 0.386. The Hall–Kier alpha value is -1.67. The number of hydrogen-bond acceptors (Lipinski definition) is 5. The maximum atomic E-state index is 10.7. The molecule has 1 atom stereocenters. The highest BCUT2D eigenvalue weighted by Gasteiger charge is 2.22. The first-order chi connectivity index (χ1) is 7.82. The van der Waals surface area contributed by atoms with Gasteiger partial charge in [-0.15, -0.1) is 0 Å². The van der Waals surface area contributed by atoms with E-state index in [2.05, 4.69) is 15.9 Å². The molecule has 0 heterocycles. The Kier molecular flexibility index (Phi) is 4.02. The number of nitrogens with two attached hydrogens (primary N) is 2. The summed E-state index contributed by atoms with van der Waals surface area (Å²) in [5.41, 5.74) is 10.2. The maximum absolute atomic E-state index is 10.7. The van der Waals surface area contributed by atoms with Gasteiger partial charge in [0.2, 0.25) is 5.91 Å². The number of nitro benzene ring substituents is 1. The lowest BCUT2D eigenvalue weighted by molar-refractivity contribution is -0.386. The van der Waals surface area contributed by atoms with Crippen molar-refractivity contribution in [1.82, 2.24) is 0 Å².